The summed E-state index contributed by atoms with van der Waals surface area (Å²) in [6, 6.07) is 4.33. The smallest absolute Gasteiger partial charge is 0.142 e. The quantitative estimate of drug-likeness (QED) is 0.913. The lowest BCUT2D eigenvalue weighted by molar-refractivity contribution is 0.253. The van der Waals surface area contributed by atoms with E-state index >= 15 is 0 Å². The van der Waals surface area contributed by atoms with Gasteiger partial charge in [-0.1, -0.05) is 34.5 Å². The predicted molar refractivity (Wildman–Crippen MR) is 70.3 cm³/mol. The number of nitrogens with one attached hydrogen (secondary N) is 1. The Bertz CT molecular complexity index is 384. The molecule has 2 rings (SSSR count). The number of hydrogen-bond donors (Lipinski definition) is 1. The molecule has 4 heteroatoms. The van der Waals surface area contributed by atoms with E-state index in [1.807, 2.05) is 6.07 Å². The first-order valence-corrected chi connectivity index (χ1v) is 6.74. The summed E-state index contributed by atoms with van der Waals surface area (Å²) in [4.78, 5) is 0. The first kappa shape index (κ1) is 12.2. The van der Waals surface area contributed by atoms with Crippen LogP contribution in [-0.2, 0) is 0 Å². The minimum Gasteiger partial charge on any atom is -0.492 e. The van der Waals surface area contributed by atoms with Gasteiger partial charge in [-0.25, -0.2) is 0 Å². The molecule has 0 bridgehead atoms. The Hall–Kier alpha value is -0.250. The second-order valence-corrected chi connectivity index (χ2v) is 5.27. The molecule has 1 heterocycles. The largest absolute Gasteiger partial charge is 0.492 e. The van der Waals surface area contributed by atoms with Crippen molar-refractivity contribution in [2.75, 3.05) is 13.2 Å². The van der Waals surface area contributed by atoms with Gasteiger partial charge >= 0.3 is 0 Å². The fourth-order valence-electron chi connectivity index (χ4n) is 1.96. The summed E-state index contributed by atoms with van der Waals surface area (Å²) in [5.74, 6) is 0.838. The van der Waals surface area contributed by atoms with Crippen LogP contribution in [0, 0.1) is 0 Å². The van der Waals surface area contributed by atoms with Crippen LogP contribution in [0.15, 0.2) is 16.6 Å². The lowest BCUT2D eigenvalue weighted by Gasteiger charge is -2.27. The molecule has 0 spiro atoms. The van der Waals surface area contributed by atoms with Crippen LogP contribution in [-0.4, -0.2) is 13.2 Å². The van der Waals surface area contributed by atoms with E-state index in [4.69, 9.17) is 16.3 Å². The average molecular weight is 305 g/mol. The fraction of sp³-hybridized carbons (Fsp3) is 0.500. The summed E-state index contributed by atoms with van der Waals surface area (Å²) in [5, 5.41) is 4.21. The Morgan fingerprint density at radius 3 is 3.12 bits per heavy atom. The molecular weight excluding hydrogens is 289 g/mol. The van der Waals surface area contributed by atoms with Gasteiger partial charge in [-0.05, 0) is 25.1 Å². The summed E-state index contributed by atoms with van der Waals surface area (Å²) in [5.41, 5.74) is 1.17. The van der Waals surface area contributed by atoms with Crippen LogP contribution >= 0.6 is 27.5 Å². The van der Waals surface area contributed by atoms with Crippen LogP contribution in [0.3, 0.4) is 0 Å². The van der Waals surface area contributed by atoms with Gasteiger partial charge in [0.15, 0.2) is 0 Å². The molecule has 88 valence electrons. The molecule has 0 aliphatic carbocycles. The standard InChI is InChI=1S/C12H15BrClNO/c1-2-4-15-11-3-5-16-12-9(11)6-8(13)7-10(12)14/h6-7,11,15H,2-5H2,1H3. The number of ether oxygens (including phenoxy) is 1. The molecule has 0 saturated heterocycles. The van der Waals surface area contributed by atoms with Crippen LogP contribution in [0.2, 0.25) is 5.02 Å². The average Bonchev–Trinajstić information content (AvgIpc) is 2.26. The molecule has 0 radical (unpaired) electrons. The lowest BCUT2D eigenvalue weighted by Crippen LogP contribution is -2.27. The molecule has 1 aromatic rings. The third-order valence-electron chi connectivity index (χ3n) is 2.71. The normalized spacial score (nSPS) is 19.1. The van der Waals surface area contributed by atoms with E-state index in [2.05, 4.69) is 34.2 Å². The Morgan fingerprint density at radius 1 is 1.56 bits per heavy atom. The first-order valence-electron chi connectivity index (χ1n) is 5.57. The van der Waals surface area contributed by atoms with Crippen molar-refractivity contribution in [3.63, 3.8) is 0 Å². The van der Waals surface area contributed by atoms with Gasteiger partial charge in [0.2, 0.25) is 0 Å². The molecule has 0 saturated carbocycles. The zero-order valence-electron chi connectivity index (χ0n) is 9.22. The van der Waals surface area contributed by atoms with Gasteiger partial charge < -0.3 is 10.1 Å². The number of benzene rings is 1. The van der Waals surface area contributed by atoms with Crippen molar-refractivity contribution >= 4 is 27.5 Å². The van der Waals surface area contributed by atoms with Crippen LogP contribution < -0.4 is 10.1 Å². The summed E-state index contributed by atoms with van der Waals surface area (Å²) in [6.07, 6.45) is 2.13. The van der Waals surface area contributed by atoms with Crippen LogP contribution in [0.5, 0.6) is 5.75 Å². The third kappa shape index (κ3) is 2.53. The Balaban J connectivity index is 2.30. The SMILES string of the molecule is CCCNC1CCOc2c(Cl)cc(Br)cc21. The summed E-state index contributed by atoms with van der Waals surface area (Å²) >= 11 is 9.63. The molecule has 2 nitrogen and oxygen atoms in total. The van der Waals surface area contributed by atoms with Crippen molar-refractivity contribution < 1.29 is 4.74 Å². The van der Waals surface area contributed by atoms with Gasteiger partial charge in [0.05, 0.1) is 11.6 Å². The highest BCUT2D eigenvalue weighted by Gasteiger charge is 2.23. The Labute approximate surface area is 109 Å². The minimum atomic E-state index is 0.360. The number of hydrogen-bond acceptors (Lipinski definition) is 2. The maximum atomic E-state index is 6.16. The van der Waals surface area contributed by atoms with E-state index in [0.717, 1.165) is 36.2 Å². The fourth-order valence-corrected chi connectivity index (χ4v) is 2.84. The van der Waals surface area contributed by atoms with Gasteiger partial charge in [0.1, 0.15) is 5.75 Å². The summed E-state index contributed by atoms with van der Waals surface area (Å²) in [6.45, 7) is 3.92. The topological polar surface area (TPSA) is 21.3 Å². The van der Waals surface area contributed by atoms with E-state index in [1.54, 1.807) is 0 Å². The van der Waals surface area contributed by atoms with Gasteiger partial charge in [0, 0.05) is 22.5 Å². The molecule has 0 amide bonds. The van der Waals surface area contributed by atoms with E-state index in [1.165, 1.54) is 5.56 Å². The van der Waals surface area contributed by atoms with Gasteiger partial charge in [-0.2, -0.15) is 0 Å². The van der Waals surface area contributed by atoms with Crippen molar-refractivity contribution in [1.29, 1.82) is 0 Å². The van der Waals surface area contributed by atoms with Crippen LogP contribution in [0.4, 0.5) is 0 Å². The predicted octanol–water partition coefficient (Wildman–Crippen LogP) is 3.93. The Kier molecular flexibility index (Phi) is 4.11. The van der Waals surface area contributed by atoms with E-state index in [-0.39, 0.29) is 0 Å². The molecule has 1 N–H and O–H groups in total. The van der Waals surface area contributed by atoms with E-state index < -0.39 is 0 Å². The second-order valence-electron chi connectivity index (χ2n) is 3.95. The number of fused-ring (bicyclic) bond motifs is 1. The Morgan fingerprint density at radius 2 is 2.38 bits per heavy atom. The zero-order valence-corrected chi connectivity index (χ0v) is 11.6. The molecule has 0 fully saturated rings. The molecular formula is C12H15BrClNO. The summed E-state index contributed by atoms with van der Waals surface area (Å²) < 4.78 is 6.63. The lowest BCUT2D eigenvalue weighted by atomic mass is 10.0. The van der Waals surface area contributed by atoms with Crippen molar-refractivity contribution in [3.05, 3.63) is 27.2 Å². The van der Waals surface area contributed by atoms with Crippen molar-refractivity contribution in [2.24, 2.45) is 0 Å². The van der Waals surface area contributed by atoms with Gasteiger partial charge in [-0.15, -0.1) is 0 Å². The molecule has 1 unspecified atom stereocenters. The molecule has 16 heavy (non-hydrogen) atoms. The van der Waals surface area contributed by atoms with E-state index in [0.29, 0.717) is 11.1 Å². The van der Waals surface area contributed by atoms with Crippen LogP contribution in [0.25, 0.3) is 0 Å². The molecule has 0 aromatic heterocycles. The molecule has 1 aliphatic heterocycles. The maximum absolute atomic E-state index is 6.16. The van der Waals surface area contributed by atoms with Gasteiger partial charge in [-0.3, -0.25) is 0 Å². The van der Waals surface area contributed by atoms with Crippen LogP contribution in [0.1, 0.15) is 31.4 Å². The monoisotopic (exact) mass is 303 g/mol. The van der Waals surface area contributed by atoms with Gasteiger partial charge in [0.25, 0.3) is 0 Å². The molecule has 1 atom stereocenters. The van der Waals surface area contributed by atoms with E-state index in [9.17, 15) is 0 Å². The highest BCUT2D eigenvalue weighted by atomic mass is 79.9. The van der Waals surface area contributed by atoms with Crippen molar-refractivity contribution in [1.82, 2.24) is 5.32 Å². The number of halogens is 2. The summed E-state index contributed by atoms with van der Waals surface area (Å²) in [7, 11) is 0. The second kappa shape index (κ2) is 5.39. The highest BCUT2D eigenvalue weighted by molar-refractivity contribution is 9.10. The van der Waals surface area contributed by atoms with Crippen molar-refractivity contribution in [3.8, 4) is 5.75 Å². The first-order chi connectivity index (χ1) is 7.72. The zero-order chi connectivity index (χ0) is 11.5. The number of rotatable bonds is 3. The minimum absolute atomic E-state index is 0.360. The maximum Gasteiger partial charge on any atom is 0.142 e. The highest BCUT2D eigenvalue weighted by Crippen LogP contribution is 2.39. The molecule has 1 aliphatic rings. The third-order valence-corrected chi connectivity index (χ3v) is 3.44. The van der Waals surface area contributed by atoms with Crippen molar-refractivity contribution in [2.45, 2.75) is 25.8 Å². The molecule has 1 aromatic carbocycles.